The van der Waals surface area contributed by atoms with E-state index in [-0.39, 0.29) is 28.6 Å². The first-order valence-electron chi connectivity index (χ1n) is 8.88. The van der Waals surface area contributed by atoms with E-state index in [2.05, 4.69) is 5.32 Å². The van der Waals surface area contributed by atoms with Gasteiger partial charge in [-0.2, -0.15) is 0 Å². The van der Waals surface area contributed by atoms with Crippen LogP contribution in [0.2, 0.25) is 0 Å². The normalized spacial score (nSPS) is 13.9. The zero-order valence-electron chi connectivity index (χ0n) is 15.5. The summed E-state index contributed by atoms with van der Waals surface area (Å²) >= 11 is 6.18. The minimum Gasteiger partial charge on any atom is -0.462 e. The van der Waals surface area contributed by atoms with Gasteiger partial charge in [0.2, 0.25) is 0 Å². The Balaban J connectivity index is 1.91. The van der Waals surface area contributed by atoms with Gasteiger partial charge in [0.05, 0.1) is 17.9 Å². The van der Waals surface area contributed by atoms with Crippen molar-refractivity contribution >= 4 is 40.8 Å². The van der Waals surface area contributed by atoms with Gasteiger partial charge >= 0.3 is 5.97 Å². The molecule has 0 bridgehead atoms. The van der Waals surface area contributed by atoms with Crippen LogP contribution < -0.4 is 10.2 Å². The molecule has 0 saturated carbocycles. The molecule has 0 saturated heterocycles. The Kier molecular flexibility index (Phi) is 5.80. The van der Waals surface area contributed by atoms with Gasteiger partial charge in [0.1, 0.15) is 10.7 Å². The molecule has 0 aliphatic carbocycles. The Morgan fingerprint density at radius 1 is 1.07 bits per heavy atom. The van der Waals surface area contributed by atoms with E-state index in [0.29, 0.717) is 5.69 Å². The number of hydrogen-bond acceptors (Lipinski definition) is 5. The minimum atomic E-state index is -0.649. The highest BCUT2D eigenvalue weighted by Gasteiger charge is 2.39. The number of nitrogens with one attached hydrogen (secondary N) is 1. The second kappa shape index (κ2) is 8.27. The number of halogens is 1. The van der Waals surface area contributed by atoms with Crippen LogP contribution in [0.25, 0.3) is 0 Å². The molecular formula is C21H19ClN2O4. The van der Waals surface area contributed by atoms with Crippen molar-refractivity contribution in [1.29, 1.82) is 0 Å². The number of imide groups is 1. The highest BCUT2D eigenvalue weighted by atomic mass is 35.5. The summed E-state index contributed by atoms with van der Waals surface area (Å²) in [6, 6.07) is 13.6. The molecule has 0 spiro atoms. The summed E-state index contributed by atoms with van der Waals surface area (Å²) in [5.41, 5.74) is 2.20. The summed E-state index contributed by atoms with van der Waals surface area (Å²) in [5.74, 6) is -1.76. The molecule has 0 radical (unpaired) electrons. The fourth-order valence-electron chi connectivity index (χ4n) is 2.92. The SMILES string of the molecule is CCOC(=O)c1cccc(N2C(=O)C(Cl)=C(Nc3ccccc3CC)C2=O)c1. The van der Waals surface area contributed by atoms with E-state index in [1.54, 1.807) is 25.1 Å². The largest absolute Gasteiger partial charge is 0.462 e. The quantitative estimate of drug-likeness (QED) is 0.590. The molecule has 2 aromatic carbocycles. The highest BCUT2D eigenvalue weighted by molar-refractivity contribution is 6.53. The number of esters is 1. The molecule has 1 aliphatic heterocycles. The van der Waals surface area contributed by atoms with E-state index < -0.39 is 17.8 Å². The lowest BCUT2D eigenvalue weighted by atomic mass is 10.1. The number of carbonyl (C=O) groups is 3. The molecular weight excluding hydrogens is 380 g/mol. The third kappa shape index (κ3) is 3.64. The first-order chi connectivity index (χ1) is 13.5. The van der Waals surface area contributed by atoms with Crippen molar-refractivity contribution in [1.82, 2.24) is 0 Å². The molecule has 0 aromatic heterocycles. The van der Waals surface area contributed by atoms with Crippen molar-refractivity contribution in [3.8, 4) is 0 Å². The molecule has 1 heterocycles. The van der Waals surface area contributed by atoms with Gasteiger partial charge in [0, 0.05) is 5.69 Å². The first kappa shape index (κ1) is 19.6. The van der Waals surface area contributed by atoms with E-state index in [4.69, 9.17) is 16.3 Å². The third-order valence-electron chi connectivity index (χ3n) is 4.30. The molecule has 6 nitrogen and oxygen atoms in total. The summed E-state index contributed by atoms with van der Waals surface area (Å²) < 4.78 is 4.97. The molecule has 7 heteroatoms. The van der Waals surface area contributed by atoms with Gasteiger partial charge < -0.3 is 10.1 Å². The van der Waals surface area contributed by atoms with Crippen LogP contribution in [0.5, 0.6) is 0 Å². The first-order valence-corrected chi connectivity index (χ1v) is 9.26. The van der Waals surface area contributed by atoms with Crippen LogP contribution in [0.1, 0.15) is 29.8 Å². The average molecular weight is 399 g/mol. The summed E-state index contributed by atoms with van der Waals surface area (Å²) in [7, 11) is 0. The summed E-state index contributed by atoms with van der Waals surface area (Å²) in [5, 5.41) is 2.79. The van der Waals surface area contributed by atoms with Gasteiger partial charge in [0.15, 0.2) is 0 Å². The number of anilines is 2. The lowest BCUT2D eigenvalue weighted by Gasteiger charge is -2.16. The lowest BCUT2D eigenvalue weighted by Crippen LogP contribution is -2.32. The molecule has 2 aromatic rings. The van der Waals surface area contributed by atoms with Crippen LogP contribution in [-0.4, -0.2) is 24.4 Å². The van der Waals surface area contributed by atoms with Crippen LogP contribution >= 0.6 is 11.6 Å². The van der Waals surface area contributed by atoms with Crippen molar-refractivity contribution in [2.24, 2.45) is 0 Å². The Morgan fingerprint density at radius 2 is 1.82 bits per heavy atom. The second-order valence-corrected chi connectivity index (χ2v) is 6.42. The summed E-state index contributed by atoms with van der Waals surface area (Å²) in [6.07, 6.45) is 0.751. The van der Waals surface area contributed by atoms with Crippen molar-refractivity contribution < 1.29 is 19.1 Å². The number of aryl methyl sites for hydroxylation is 1. The zero-order chi connectivity index (χ0) is 20.3. The maximum absolute atomic E-state index is 12.9. The molecule has 1 aliphatic rings. The molecule has 0 unspecified atom stereocenters. The lowest BCUT2D eigenvalue weighted by molar-refractivity contribution is -0.120. The molecule has 2 amide bonds. The number of amides is 2. The molecule has 144 valence electrons. The number of benzene rings is 2. The molecule has 0 fully saturated rings. The van der Waals surface area contributed by atoms with Gasteiger partial charge in [-0.25, -0.2) is 9.69 Å². The Morgan fingerprint density at radius 3 is 2.54 bits per heavy atom. The van der Waals surface area contributed by atoms with Crippen molar-refractivity contribution in [2.75, 3.05) is 16.8 Å². The topological polar surface area (TPSA) is 75.7 Å². The monoisotopic (exact) mass is 398 g/mol. The number of hydrogen-bond donors (Lipinski definition) is 1. The van der Waals surface area contributed by atoms with Gasteiger partial charge in [-0.1, -0.05) is 42.8 Å². The predicted molar refractivity (Wildman–Crippen MR) is 107 cm³/mol. The molecule has 0 atom stereocenters. The zero-order valence-corrected chi connectivity index (χ0v) is 16.2. The number of ether oxygens (including phenoxy) is 1. The number of para-hydroxylation sites is 1. The fourth-order valence-corrected chi connectivity index (χ4v) is 3.13. The maximum Gasteiger partial charge on any atom is 0.338 e. The van der Waals surface area contributed by atoms with Crippen molar-refractivity contribution in [2.45, 2.75) is 20.3 Å². The van der Waals surface area contributed by atoms with Crippen LogP contribution in [0.3, 0.4) is 0 Å². The van der Waals surface area contributed by atoms with Crippen LogP contribution in [0, 0.1) is 0 Å². The highest BCUT2D eigenvalue weighted by Crippen LogP contribution is 2.31. The summed E-state index contributed by atoms with van der Waals surface area (Å²) in [4.78, 5) is 38.5. The van der Waals surface area contributed by atoms with E-state index in [0.717, 1.165) is 16.9 Å². The second-order valence-electron chi connectivity index (χ2n) is 6.04. The smallest absolute Gasteiger partial charge is 0.338 e. The van der Waals surface area contributed by atoms with E-state index in [1.807, 2.05) is 31.2 Å². The minimum absolute atomic E-state index is 0.00843. The average Bonchev–Trinajstić information content (AvgIpc) is 2.92. The van der Waals surface area contributed by atoms with E-state index in [1.165, 1.54) is 6.07 Å². The summed E-state index contributed by atoms with van der Waals surface area (Å²) in [6.45, 7) is 3.92. The Bertz CT molecular complexity index is 984. The Hall–Kier alpha value is -3.12. The number of rotatable bonds is 6. The van der Waals surface area contributed by atoms with Gasteiger partial charge in [-0.15, -0.1) is 0 Å². The van der Waals surface area contributed by atoms with Gasteiger partial charge in [-0.05, 0) is 43.2 Å². The van der Waals surface area contributed by atoms with Gasteiger partial charge in [0.25, 0.3) is 11.8 Å². The van der Waals surface area contributed by atoms with Crippen LogP contribution in [0.15, 0.2) is 59.3 Å². The van der Waals surface area contributed by atoms with Crippen molar-refractivity contribution in [3.05, 3.63) is 70.4 Å². The Labute approximate surface area is 167 Å². The standard InChI is InChI=1S/C21H19ClN2O4/c1-3-13-8-5-6-11-16(13)23-18-17(22)19(25)24(20(18)26)15-10-7-9-14(12-15)21(27)28-4-2/h5-12,23H,3-4H2,1-2H3. The number of nitrogens with zero attached hydrogens (tertiary/aromatic N) is 1. The van der Waals surface area contributed by atoms with E-state index in [9.17, 15) is 14.4 Å². The van der Waals surface area contributed by atoms with Gasteiger partial charge in [-0.3, -0.25) is 9.59 Å². The third-order valence-corrected chi connectivity index (χ3v) is 4.65. The van der Waals surface area contributed by atoms with Crippen molar-refractivity contribution in [3.63, 3.8) is 0 Å². The van der Waals surface area contributed by atoms with Crippen LogP contribution in [-0.2, 0) is 20.7 Å². The molecule has 3 rings (SSSR count). The van der Waals surface area contributed by atoms with Crippen LogP contribution in [0.4, 0.5) is 11.4 Å². The predicted octanol–water partition coefficient (Wildman–Crippen LogP) is 3.86. The molecule has 1 N–H and O–H groups in total. The van der Waals surface area contributed by atoms with E-state index >= 15 is 0 Å². The maximum atomic E-state index is 12.9. The number of carbonyl (C=O) groups excluding carboxylic acids is 3. The fraction of sp³-hybridized carbons (Fsp3) is 0.190. The molecule has 28 heavy (non-hydrogen) atoms.